The summed E-state index contributed by atoms with van der Waals surface area (Å²) in [5, 5.41) is 5.90. The van der Waals surface area contributed by atoms with Crippen LogP contribution in [0.3, 0.4) is 0 Å². The molecular formula is C16H18N2O3S3. The molecule has 0 radical (unpaired) electrons. The lowest BCUT2D eigenvalue weighted by Crippen LogP contribution is -2.35. The van der Waals surface area contributed by atoms with E-state index in [2.05, 4.69) is 10.3 Å². The standard InChI is InChI=1S/C16H18N2O3S3/c1-11-17-13(8-22-11)9-23-15-5-3-2-4-14(15)16(19)18-12-6-7-24(20,21)10-12/h2-5,8,12H,6-7,9-10H2,1H3,(H,18,19)/t12-/m1/s1. The van der Waals surface area contributed by atoms with Crippen molar-refractivity contribution in [3.8, 4) is 0 Å². The Morgan fingerprint density at radius 3 is 2.88 bits per heavy atom. The first-order valence-corrected chi connectivity index (χ1v) is 11.3. The van der Waals surface area contributed by atoms with Gasteiger partial charge < -0.3 is 5.32 Å². The van der Waals surface area contributed by atoms with Crippen LogP contribution in [-0.4, -0.2) is 36.9 Å². The smallest absolute Gasteiger partial charge is 0.252 e. The predicted octanol–water partition coefficient (Wildman–Crippen LogP) is 2.66. The second kappa shape index (κ2) is 7.25. The Morgan fingerprint density at radius 1 is 1.42 bits per heavy atom. The Balaban J connectivity index is 1.68. The normalized spacial score (nSPS) is 19.3. The van der Waals surface area contributed by atoms with Gasteiger partial charge in [-0.25, -0.2) is 13.4 Å². The molecule has 0 bridgehead atoms. The van der Waals surface area contributed by atoms with Gasteiger partial charge in [-0.15, -0.1) is 23.1 Å². The summed E-state index contributed by atoms with van der Waals surface area (Å²) in [5.74, 6) is 0.672. The van der Waals surface area contributed by atoms with Gasteiger partial charge in [0.15, 0.2) is 9.84 Å². The molecule has 1 aromatic carbocycles. The molecule has 0 aliphatic carbocycles. The van der Waals surface area contributed by atoms with E-state index in [4.69, 9.17) is 0 Å². The summed E-state index contributed by atoms with van der Waals surface area (Å²) in [6.45, 7) is 1.97. The van der Waals surface area contributed by atoms with E-state index in [1.165, 1.54) is 0 Å². The van der Waals surface area contributed by atoms with Gasteiger partial charge in [-0.2, -0.15) is 0 Å². The summed E-state index contributed by atoms with van der Waals surface area (Å²) in [5.41, 5.74) is 1.58. The lowest BCUT2D eigenvalue weighted by molar-refractivity contribution is 0.0938. The molecule has 1 aliphatic heterocycles. The van der Waals surface area contributed by atoms with Crippen LogP contribution in [0.1, 0.15) is 27.5 Å². The van der Waals surface area contributed by atoms with Crippen molar-refractivity contribution in [2.75, 3.05) is 11.5 Å². The molecule has 0 unspecified atom stereocenters. The minimum Gasteiger partial charge on any atom is -0.348 e. The quantitative estimate of drug-likeness (QED) is 0.805. The van der Waals surface area contributed by atoms with Crippen molar-refractivity contribution < 1.29 is 13.2 Å². The maximum Gasteiger partial charge on any atom is 0.252 e. The Kier molecular flexibility index (Phi) is 5.27. The van der Waals surface area contributed by atoms with Crippen molar-refractivity contribution in [1.82, 2.24) is 10.3 Å². The highest BCUT2D eigenvalue weighted by Crippen LogP contribution is 2.27. The SMILES string of the molecule is Cc1nc(CSc2ccccc2C(=O)N[C@@H]2CCS(=O)(=O)C2)cs1. The molecule has 0 saturated carbocycles. The third-order valence-corrected chi connectivity index (χ3v) is 7.44. The van der Waals surface area contributed by atoms with Crippen molar-refractivity contribution in [2.45, 2.75) is 30.0 Å². The van der Waals surface area contributed by atoms with Crippen LogP contribution in [0.4, 0.5) is 0 Å². The number of amides is 1. The van der Waals surface area contributed by atoms with Crippen molar-refractivity contribution in [3.63, 3.8) is 0 Å². The summed E-state index contributed by atoms with van der Waals surface area (Å²) in [6.07, 6.45) is 0.488. The van der Waals surface area contributed by atoms with Crippen LogP contribution < -0.4 is 5.32 Å². The van der Waals surface area contributed by atoms with Crippen molar-refractivity contribution >= 4 is 38.8 Å². The molecule has 1 saturated heterocycles. The van der Waals surface area contributed by atoms with Crippen LogP contribution in [0.5, 0.6) is 0 Å². The number of aryl methyl sites for hydroxylation is 1. The first-order valence-electron chi connectivity index (χ1n) is 7.57. The van der Waals surface area contributed by atoms with Crippen LogP contribution >= 0.6 is 23.1 Å². The number of sulfone groups is 1. The molecule has 1 N–H and O–H groups in total. The number of rotatable bonds is 5. The third-order valence-electron chi connectivity index (χ3n) is 3.74. The number of thioether (sulfide) groups is 1. The first kappa shape index (κ1) is 17.4. The number of hydrogen-bond acceptors (Lipinski definition) is 6. The van der Waals surface area contributed by atoms with Gasteiger partial charge >= 0.3 is 0 Å². The number of benzene rings is 1. The monoisotopic (exact) mass is 382 g/mol. The van der Waals surface area contributed by atoms with Gasteiger partial charge in [-0.05, 0) is 25.5 Å². The summed E-state index contributed by atoms with van der Waals surface area (Å²) in [6, 6.07) is 7.10. The third kappa shape index (κ3) is 4.37. The zero-order valence-corrected chi connectivity index (χ0v) is 15.6. The molecule has 8 heteroatoms. The molecule has 1 aromatic heterocycles. The summed E-state index contributed by atoms with van der Waals surface area (Å²) >= 11 is 3.18. The largest absolute Gasteiger partial charge is 0.348 e. The summed E-state index contributed by atoms with van der Waals surface area (Å²) in [7, 11) is -3.00. The molecule has 0 spiro atoms. The Labute approximate surface area is 149 Å². The number of nitrogens with zero attached hydrogens (tertiary/aromatic N) is 1. The van der Waals surface area contributed by atoms with E-state index in [1.54, 1.807) is 29.2 Å². The second-order valence-corrected chi connectivity index (χ2v) is 10.0. The zero-order valence-electron chi connectivity index (χ0n) is 13.2. The highest BCUT2D eigenvalue weighted by atomic mass is 32.2. The zero-order chi connectivity index (χ0) is 17.2. The molecule has 1 amide bonds. The lowest BCUT2D eigenvalue weighted by Gasteiger charge is -2.13. The predicted molar refractivity (Wildman–Crippen MR) is 97.4 cm³/mol. The second-order valence-electron chi connectivity index (χ2n) is 5.72. The molecule has 128 valence electrons. The van der Waals surface area contributed by atoms with Gasteiger partial charge in [0, 0.05) is 22.1 Å². The van der Waals surface area contributed by atoms with Gasteiger partial charge in [0.05, 0.1) is 27.8 Å². The van der Waals surface area contributed by atoms with E-state index in [0.717, 1.165) is 15.6 Å². The summed E-state index contributed by atoms with van der Waals surface area (Å²) < 4.78 is 23.1. The van der Waals surface area contributed by atoms with E-state index in [1.807, 2.05) is 30.5 Å². The fraction of sp³-hybridized carbons (Fsp3) is 0.375. The fourth-order valence-electron chi connectivity index (χ4n) is 2.58. The molecule has 24 heavy (non-hydrogen) atoms. The van der Waals surface area contributed by atoms with Crippen LogP contribution in [-0.2, 0) is 15.6 Å². The van der Waals surface area contributed by atoms with Crippen LogP contribution in [0.15, 0.2) is 34.5 Å². The molecule has 5 nitrogen and oxygen atoms in total. The Bertz CT molecular complexity index is 846. The molecular weight excluding hydrogens is 364 g/mol. The van der Waals surface area contributed by atoms with E-state index in [0.29, 0.717) is 17.7 Å². The van der Waals surface area contributed by atoms with Crippen LogP contribution in [0.25, 0.3) is 0 Å². The number of hydrogen-bond donors (Lipinski definition) is 1. The van der Waals surface area contributed by atoms with Crippen molar-refractivity contribution in [2.24, 2.45) is 0 Å². The Hall–Kier alpha value is -1.38. The summed E-state index contributed by atoms with van der Waals surface area (Å²) in [4.78, 5) is 17.8. The van der Waals surface area contributed by atoms with Crippen molar-refractivity contribution in [1.29, 1.82) is 0 Å². The van der Waals surface area contributed by atoms with E-state index < -0.39 is 9.84 Å². The highest BCUT2D eigenvalue weighted by Gasteiger charge is 2.29. The lowest BCUT2D eigenvalue weighted by atomic mass is 10.2. The average molecular weight is 383 g/mol. The molecule has 1 aliphatic rings. The van der Waals surface area contributed by atoms with Crippen molar-refractivity contribution in [3.05, 3.63) is 45.9 Å². The van der Waals surface area contributed by atoms with Gasteiger partial charge in [0.1, 0.15) is 0 Å². The minimum absolute atomic E-state index is 0.0339. The van der Waals surface area contributed by atoms with E-state index >= 15 is 0 Å². The van der Waals surface area contributed by atoms with Gasteiger partial charge in [-0.1, -0.05) is 12.1 Å². The number of aromatic nitrogens is 1. The molecule has 1 fully saturated rings. The van der Waals surface area contributed by atoms with E-state index in [-0.39, 0.29) is 23.5 Å². The topological polar surface area (TPSA) is 76.1 Å². The van der Waals surface area contributed by atoms with Gasteiger partial charge in [0.25, 0.3) is 5.91 Å². The molecule has 2 heterocycles. The number of thiazole rings is 1. The number of carbonyl (C=O) groups is 1. The van der Waals surface area contributed by atoms with Crippen LogP contribution in [0.2, 0.25) is 0 Å². The Morgan fingerprint density at radius 2 is 2.21 bits per heavy atom. The first-order chi connectivity index (χ1) is 11.4. The molecule has 1 atom stereocenters. The number of carbonyl (C=O) groups excluding carboxylic acids is 1. The fourth-order valence-corrected chi connectivity index (χ4v) is 5.91. The minimum atomic E-state index is -3.00. The average Bonchev–Trinajstić information content (AvgIpc) is 3.10. The molecule has 3 rings (SSSR count). The number of nitrogens with one attached hydrogen (secondary N) is 1. The van der Waals surface area contributed by atoms with Gasteiger partial charge in [-0.3, -0.25) is 4.79 Å². The maximum absolute atomic E-state index is 12.5. The molecule has 2 aromatic rings. The van der Waals surface area contributed by atoms with Crippen LogP contribution in [0, 0.1) is 6.92 Å². The van der Waals surface area contributed by atoms with Gasteiger partial charge in [0.2, 0.25) is 0 Å². The maximum atomic E-state index is 12.5. The highest BCUT2D eigenvalue weighted by molar-refractivity contribution is 7.98. The van der Waals surface area contributed by atoms with E-state index in [9.17, 15) is 13.2 Å².